The minimum atomic E-state index is -3.21. The molecule has 0 aliphatic carbocycles. The number of ether oxygens (including phenoxy) is 1. The van der Waals surface area contributed by atoms with E-state index in [-0.39, 0.29) is 36.1 Å². The van der Waals surface area contributed by atoms with Crippen LogP contribution in [-0.4, -0.2) is 60.8 Å². The van der Waals surface area contributed by atoms with Crippen LogP contribution in [0.2, 0.25) is 0 Å². The van der Waals surface area contributed by atoms with Gasteiger partial charge in [-0.15, -0.1) is 0 Å². The number of nitrogens with zero attached hydrogens (tertiary/aromatic N) is 2. The lowest BCUT2D eigenvalue weighted by Crippen LogP contribution is -2.55. The number of aryl methyl sites for hydroxylation is 1. The van der Waals surface area contributed by atoms with Crippen molar-refractivity contribution in [2.45, 2.75) is 58.1 Å². The molecule has 196 valence electrons. The van der Waals surface area contributed by atoms with E-state index in [1.165, 1.54) is 0 Å². The number of likely N-dealkylation sites (tertiary alicyclic amines) is 1. The Labute approximate surface area is 212 Å². The molecular formula is C28H37F2N3O3. The molecule has 4 rings (SSSR count). The summed E-state index contributed by atoms with van der Waals surface area (Å²) in [5.41, 5.74) is 2.96. The van der Waals surface area contributed by atoms with Gasteiger partial charge in [-0.25, -0.2) is 0 Å². The summed E-state index contributed by atoms with van der Waals surface area (Å²) in [5, 5.41) is 13.1. The number of nitrogens with one attached hydrogen (secondary N) is 1. The van der Waals surface area contributed by atoms with Crippen LogP contribution in [0.15, 0.2) is 48.5 Å². The highest BCUT2D eigenvalue weighted by atomic mass is 19.3. The van der Waals surface area contributed by atoms with Gasteiger partial charge in [0.1, 0.15) is 5.75 Å². The zero-order valence-corrected chi connectivity index (χ0v) is 21.2. The number of carbonyl (C=O) groups is 1. The lowest BCUT2D eigenvalue weighted by Gasteiger charge is -2.50. The second kappa shape index (κ2) is 11.1. The fraction of sp³-hybridized carbons (Fsp3) is 0.536. The predicted octanol–water partition coefficient (Wildman–Crippen LogP) is 5.06. The Bertz CT molecular complexity index is 1010. The van der Waals surface area contributed by atoms with Crippen molar-refractivity contribution in [2.24, 2.45) is 5.41 Å². The third-order valence-corrected chi connectivity index (χ3v) is 7.33. The molecule has 2 saturated heterocycles. The summed E-state index contributed by atoms with van der Waals surface area (Å²) < 4.78 is 31.0. The summed E-state index contributed by atoms with van der Waals surface area (Å²) in [6.07, 6.45) is 1.28. The second-order valence-electron chi connectivity index (χ2n) is 10.5. The van der Waals surface area contributed by atoms with Crippen LogP contribution in [-0.2, 0) is 4.79 Å². The number of hydrogen-bond acceptors (Lipinski definition) is 5. The van der Waals surface area contributed by atoms with E-state index in [2.05, 4.69) is 19.9 Å². The Morgan fingerprint density at radius 2 is 1.75 bits per heavy atom. The quantitative estimate of drug-likeness (QED) is 0.530. The number of rotatable bonds is 8. The maximum absolute atomic E-state index is 13.2. The van der Waals surface area contributed by atoms with Gasteiger partial charge in [-0.1, -0.05) is 17.7 Å². The Morgan fingerprint density at radius 1 is 1.08 bits per heavy atom. The standard InChI is InChI=1S/C28H37F2N3O3/c1-21-5-7-22(8-6-21)31-26(35)17-24(18-34)33-16-4-14-28(20-33)13-3-15-32(19-28)23-9-11-25(12-10-23)36-27(2,29)30/h5-12,24,34H,3-4,13-20H2,1-2H3,(H,31,35). The molecule has 0 bridgehead atoms. The SMILES string of the molecule is Cc1ccc(NC(=O)CC(CO)N2CCCC3(CCCN(c4ccc(OC(C)(F)F)cc4)C3)C2)cc1. The van der Waals surface area contributed by atoms with Crippen LogP contribution in [0.25, 0.3) is 0 Å². The number of carbonyl (C=O) groups excluding carboxylic acids is 1. The Kier molecular flexibility index (Phi) is 8.15. The number of piperidine rings is 2. The van der Waals surface area contributed by atoms with E-state index in [1.807, 2.05) is 43.3 Å². The highest BCUT2D eigenvalue weighted by Crippen LogP contribution is 2.41. The average Bonchev–Trinajstić information content (AvgIpc) is 2.83. The van der Waals surface area contributed by atoms with E-state index in [0.717, 1.165) is 75.7 Å². The molecule has 2 fully saturated rings. The fourth-order valence-electron chi connectivity index (χ4n) is 5.62. The largest absolute Gasteiger partial charge is 0.433 e. The number of aliphatic hydroxyl groups excluding tert-OH is 1. The minimum absolute atomic E-state index is 0.0648. The van der Waals surface area contributed by atoms with E-state index in [0.29, 0.717) is 0 Å². The summed E-state index contributed by atoms with van der Waals surface area (Å²) in [7, 11) is 0. The molecule has 2 N–H and O–H groups in total. The number of anilines is 2. The maximum Gasteiger partial charge on any atom is 0.394 e. The second-order valence-corrected chi connectivity index (χ2v) is 10.5. The van der Waals surface area contributed by atoms with Gasteiger partial charge in [-0.2, -0.15) is 8.78 Å². The highest BCUT2D eigenvalue weighted by Gasteiger charge is 2.41. The molecule has 8 heteroatoms. The molecule has 1 spiro atoms. The molecule has 2 atom stereocenters. The highest BCUT2D eigenvalue weighted by molar-refractivity contribution is 5.91. The Balaban J connectivity index is 1.38. The summed E-state index contributed by atoms with van der Waals surface area (Å²) in [4.78, 5) is 17.3. The molecule has 0 aromatic heterocycles. The van der Waals surface area contributed by atoms with Crippen molar-refractivity contribution in [2.75, 3.05) is 43.0 Å². The minimum Gasteiger partial charge on any atom is -0.433 e. The normalized spacial score (nSPS) is 21.9. The lowest BCUT2D eigenvalue weighted by atomic mass is 9.73. The number of benzene rings is 2. The van der Waals surface area contributed by atoms with E-state index in [9.17, 15) is 18.7 Å². The third kappa shape index (κ3) is 6.95. The molecule has 2 unspecified atom stereocenters. The first kappa shape index (κ1) is 26.4. The molecule has 0 radical (unpaired) electrons. The first-order valence-electron chi connectivity index (χ1n) is 12.8. The van der Waals surface area contributed by atoms with Crippen molar-refractivity contribution in [1.82, 2.24) is 4.90 Å². The van der Waals surface area contributed by atoms with Gasteiger partial charge >= 0.3 is 6.11 Å². The van der Waals surface area contributed by atoms with Gasteiger partial charge in [-0.05, 0) is 75.5 Å². The molecule has 2 aromatic rings. The van der Waals surface area contributed by atoms with Crippen LogP contribution in [0.3, 0.4) is 0 Å². The van der Waals surface area contributed by atoms with E-state index < -0.39 is 6.11 Å². The Hall–Kier alpha value is -2.71. The molecular weight excluding hydrogens is 464 g/mol. The zero-order valence-electron chi connectivity index (χ0n) is 21.2. The summed E-state index contributed by atoms with van der Waals surface area (Å²) >= 11 is 0. The number of aliphatic hydroxyl groups is 1. The van der Waals surface area contributed by atoms with E-state index in [4.69, 9.17) is 0 Å². The van der Waals surface area contributed by atoms with Crippen molar-refractivity contribution in [3.63, 3.8) is 0 Å². The van der Waals surface area contributed by atoms with Crippen LogP contribution in [0.5, 0.6) is 5.75 Å². The molecule has 0 saturated carbocycles. The summed E-state index contributed by atoms with van der Waals surface area (Å²) in [6.45, 7) is 6.14. The summed E-state index contributed by atoms with van der Waals surface area (Å²) in [6, 6.07) is 14.3. The maximum atomic E-state index is 13.2. The number of amides is 1. The molecule has 2 heterocycles. The van der Waals surface area contributed by atoms with Crippen molar-refractivity contribution >= 4 is 17.3 Å². The van der Waals surface area contributed by atoms with Gasteiger partial charge in [0.25, 0.3) is 0 Å². The molecule has 36 heavy (non-hydrogen) atoms. The average molecular weight is 502 g/mol. The van der Waals surface area contributed by atoms with Gasteiger partial charge in [0.15, 0.2) is 0 Å². The lowest BCUT2D eigenvalue weighted by molar-refractivity contribution is -0.158. The first-order valence-corrected chi connectivity index (χ1v) is 12.8. The van der Waals surface area contributed by atoms with Crippen LogP contribution in [0, 0.1) is 12.3 Å². The first-order chi connectivity index (χ1) is 17.1. The van der Waals surface area contributed by atoms with Gasteiger partial charge in [-0.3, -0.25) is 9.69 Å². The van der Waals surface area contributed by atoms with Crippen molar-refractivity contribution in [1.29, 1.82) is 0 Å². The monoisotopic (exact) mass is 501 g/mol. The number of alkyl halides is 2. The number of halogens is 2. The summed E-state index contributed by atoms with van der Waals surface area (Å²) in [5.74, 6) is 0.0549. The molecule has 2 aliphatic rings. The fourth-order valence-corrected chi connectivity index (χ4v) is 5.62. The zero-order chi connectivity index (χ0) is 25.8. The third-order valence-electron chi connectivity index (χ3n) is 7.33. The van der Waals surface area contributed by atoms with Gasteiger partial charge in [0.2, 0.25) is 5.91 Å². The topological polar surface area (TPSA) is 65.0 Å². The molecule has 6 nitrogen and oxygen atoms in total. The van der Waals surface area contributed by atoms with Crippen LogP contribution < -0.4 is 15.0 Å². The van der Waals surface area contributed by atoms with Gasteiger partial charge < -0.3 is 20.1 Å². The van der Waals surface area contributed by atoms with Crippen LogP contribution in [0.1, 0.15) is 44.6 Å². The molecule has 2 aliphatic heterocycles. The number of hydrogen-bond donors (Lipinski definition) is 2. The van der Waals surface area contributed by atoms with Gasteiger partial charge in [0, 0.05) is 55.8 Å². The van der Waals surface area contributed by atoms with Crippen LogP contribution >= 0.6 is 0 Å². The van der Waals surface area contributed by atoms with Crippen molar-refractivity contribution in [3.05, 3.63) is 54.1 Å². The van der Waals surface area contributed by atoms with E-state index >= 15 is 0 Å². The Morgan fingerprint density at radius 3 is 2.39 bits per heavy atom. The molecule has 2 aromatic carbocycles. The predicted molar refractivity (Wildman–Crippen MR) is 138 cm³/mol. The van der Waals surface area contributed by atoms with Crippen LogP contribution in [0.4, 0.5) is 20.2 Å². The molecule has 1 amide bonds. The smallest absolute Gasteiger partial charge is 0.394 e. The van der Waals surface area contributed by atoms with Crippen molar-refractivity contribution in [3.8, 4) is 5.75 Å². The van der Waals surface area contributed by atoms with Gasteiger partial charge in [0.05, 0.1) is 6.61 Å². The van der Waals surface area contributed by atoms with E-state index in [1.54, 1.807) is 12.1 Å². The van der Waals surface area contributed by atoms with Crippen molar-refractivity contribution < 1.29 is 23.4 Å².